The Kier molecular flexibility index (Phi) is 6.31. The summed E-state index contributed by atoms with van der Waals surface area (Å²) in [4.78, 5) is 0. The van der Waals surface area contributed by atoms with Crippen molar-refractivity contribution in [3.63, 3.8) is 0 Å². The molecule has 20 heavy (non-hydrogen) atoms. The molecular weight excluding hydrogens is 250 g/mol. The van der Waals surface area contributed by atoms with Crippen LogP contribution in [-0.4, -0.2) is 38.0 Å². The van der Waals surface area contributed by atoms with E-state index < -0.39 is 0 Å². The maximum Gasteiger partial charge on any atom is 0.0838 e. The number of hydrogen-bond acceptors (Lipinski definition) is 3. The Hall–Kier alpha value is -0.120. The number of likely N-dealkylation sites (N-methyl/N-ethyl adjacent to an activating group) is 1. The van der Waals surface area contributed by atoms with Crippen LogP contribution in [0.4, 0.5) is 0 Å². The predicted octanol–water partition coefficient (Wildman–Crippen LogP) is 3.38. The summed E-state index contributed by atoms with van der Waals surface area (Å²) in [5, 5.41) is 3.76. The molecule has 118 valence electrons. The molecule has 0 aromatic carbocycles. The summed E-state index contributed by atoms with van der Waals surface area (Å²) in [6, 6.07) is 0.459. The van der Waals surface area contributed by atoms with E-state index in [1.165, 1.54) is 38.5 Å². The molecule has 2 unspecified atom stereocenters. The molecule has 1 saturated heterocycles. The number of ether oxygens (including phenoxy) is 2. The zero-order valence-electron chi connectivity index (χ0n) is 13.6. The van der Waals surface area contributed by atoms with E-state index in [0.717, 1.165) is 32.3 Å². The first-order valence-electron chi connectivity index (χ1n) is 8.67. The molecule has 1 aliphatic carbocycles. The first kappa shape index (κ1) is 16.3. The van der Waals surface area contributed by atoms with Gasteiger partial charge in [0.05, 0.1) is 12.2 Å². The summed E-state index contributed by atoms with van der Waals surface area (Å²) >= 11 is 0. The molecule has 1 N–H and O–H groups in total. The third-order valence-electron chi connectivity index (χ3n) is 5.21. The molecule has 0 spiro atoms. The zero-order chi connectivity index (χ0) is 14.4. The lowest BCUT2D eigenvalue weighted by atomic mass is 9.70. The summed E-state index contributed by atoms with van der Waals surface area (Å²) in [5.74, 6) is 1.47. The first-order valence-corrected chi connectivity index (χ1v) is 8.67. The van der Waals surface area contributed by atoms with Gasteiger partial charge in [0.15, 0.2) is 0 Å². The predicted molar refractivity (Wildman–Crippen MR) is 83.0 cm³/mol. The van der Waals surface area contributed by atoms with Crippen LogP contribution in [0.15, 0.2) is 0 Å². The maximum atomic E-state index is 6.37. The van der Waals surface area contributed by atoms with Crippen molar-refractivity contribution in [3.05, 3.63) is 0 Å². The molecule has 2 aliphatic rings. The molecule has 0 radical (unpaired) electrons. The largest absolute Gasteiger partial charge is 0.381 e. The second-order valence-electron chi connectivity index (χ2n) is 6.69. The molecule has 3 nitrogen and oxygen atoms in total. The molecule has 0 bridgehead atoms. The van der Waals surface area contributed by atoms with E-state index in [-0.39, 0.29) is 5.60 Å². The molecular formula is C17H33NO2. The van der Waals surface area contributed by atoms with E-state index >= 15 is 0 Å². The van der Waals surface area contributed by atoms with E-state index in [9.17, 15) is 0 Å². The third-order valence-corrected chi connectivity index (χ3v) is 5.21. The van der Waals surface area contributed by atoms with Gasteiger partial charge in [-0.2, -0.15) is 0 Å². The Morgan fingerprint density at radius 2 is 2.00 bits per heavy atom. The van der Waals surface area contributed by atoms with Gasteiger partial charge in [0.2, 0.25) is 0 Å². The molecule has 2 atom stereocenters. The minimum atomic E-state index is 0.0443. The standard InChI is InChI=1S/C17H33NO2/c1-4-18-16(15-7-6-12-19-13-15)17(20-5-2)10-8-14(3)9-11-17/h14-16,18H,4-13H2,1-3H3. The topological polar surface area (TPSA) is 30.5 Å². The molecule has 0 aromatic rings. The Morgan fingerprint density at radius 1 is 1.25 bits per heavy atom. The fourth-order valence-corrected chi connectivity index (χ4v) is 4.11. The Balaban J connectivity index is 2.12. The van der Waals surface area contributed by atoms with Gasteiger partial charge < -0.3 is 14.8 Å². The number of nitrogens with one attached hydrogen (secondary N) is 1. The van der Waals surface area contributed by atoms with Crippen molar-refractivity contribution in [1.82, 2.24) is 5.32 Å². The van der Waals surface area contributed by atoms with Gasteiger partial charge in [-0.15, -0.1) is 0 Å². The summed E-state index contributed by atoms with van der Waals surface area (Å²) < 4.78 is 12.1. The molecule has 0 amide bonds. The van der Waals surface area contributed by atoms with Crippen molar-refractivity contribution < 1.29 is 9.47 Å². The van der Waals surface area contributed by atoms with Gasteiger partial charge >= 0.3 is 0 Å². The highest BCUT2D eigenvalue weighted by Gasteiger charge is 2.45. The van der Waals surface area contributed by atoms with Crippen molar-refractivity contribution in [1.29, 1.82) is 0 Å². The zero-order valence-corrected chi connectivity index (χ0v) is 13.6. The van der Waals surface area contributed by atoms with Crippen molar-refractivity contribution in [2.75, 3.05) is 26.4 Å². The lowest BCUT2D eigenvalue weighted by Gasteiger charge is -2.48. The minimum Gasteiger partial charge on any atom is -0.381 e. The van der Waals surface area contributed by atoms with Crippen LogP contribution in [0.1, 0.15) is 59.3 Å². The molecule has 3 heteroatoms. The van der Waals surface area contributed by atoms with Crippen LogP contribution < -0.4 is 5.32 Å². The van der Waals surface area contributed by atoms with Crippen molar-refractivity contribution in [3.8, 4) is 0 Å². The van der Waals surface area contributed by atoms with Crippen LogP contribution in [0.3, 0.4) is 0 Å². The molecule has 1 heterocycles. The van der Waals surface area contributed by atoms with Crippen LogP contribution in [0.2, 0.25) is 0 Å². The van der Waals surface area contributed by atoms with Crippen molar-refractivity contribution in [2.45, 2.75) is 70.9 Å². The Labute approximate surface area is 124 Å². The van der Waals surface area contributed by atoms with E-state index in [1.807, 2.05) is 0 Å². The van der Waals surface area contributed by atoms with Crippen molar-refractivity contribution >= 4 is 0 Å². The van der Waals surface area contributed by atoms with E-state index in [0.29, 0.717) is 12.0 Å². The third kappa shape index (κ3) is 3.75. The Morgan fingerprint density at radius 3 is 2.55 bits per heavy atom. The van der Waals surface area contributed by atoms with Crippen LogP contribution in [0.25, 0.3) is 0 Å². The maximum absolute atomic E-state index is 6.37. The molecule has 2 rings (SSSR count). The fraction of sp³-hybridized carbons (Fsp3) is 1.00. The molecule has 2 fully saturated rings. The Bertz CT molecular complexity index is 268. The average molecular weight is 283 g/mol. The molecule has 1 aliphatic heterocycles. The number of hydrogen-bond donors (Lipinski definition) is 1. The SMILES string of the molecule is CCNC(C1CCCOC1)C1(OCC)CCC(C)CC1. The van der Waals surface area contributed by atoms with Gasteiger partial charge in [-0.1, -0.05) is 13.8 Å². The second kappa shape index (κ2) is 7.77. The van der Waals surface area contributed by atoms with Crippen LogP contribution >= 0.6 is 0 Å². The summed E-state index contributed by atoms with van der Waals surface area (Å²) in [7, 11) is 0. The van der Waals surface area contributed by atoms with E-state index in [4.69, 9.17) is 9.47 Å². The lowest BCUT2D eigenvalue weighted by Crippen LogP contribution is -2.59. The average Bonchev–Trinajstić information content (AvgIpc) is 2.49. The van der Waals surface area contributed by atoms with Gasteiger partial charge in [0.25, 0.3) is 0 Å². The summed E-state index contributed by atoms with van der Waals surface area (Å²) in [5.41, 5.74) is 0.0443. The molecule has 1 saturated carbocycles. The smallest absolute Gasteiger partial charge is 0.0838 e. The van der Waals surface area contributed by atoms with Gasteiger partial charge in [0, 0.05) is 25.2 Å². The van der Waals surface area contributed by atoms with Gasteiger partial charge in [-0.25, -0.2) is 0 Å². The fourth-order valence-electron chi connectivity index (χ4n) is 4.11. The lowest BCUT2D eigenvalue weighted by molar-refractivity contribution is -0.120. The highest BCUT2D eigenvalue weighted by molar-refractivity contribution is 5.00. The van der Waals surface area contributed by atoms with Crippen LogP contribution in [-0.2, 0) is 9.47 Å². The minimum absolute atomic E-state index is 0.0443. The number of rotatable bonds is 6. The highest BCUT2D eigenvalue weighted by Crippen LogP contribution is 2.40. The quantitative estimate of drug-likeness (QED) is 0.810. The van der Waals surface area contributed by atoms with Crippen LogP contribution in [0, 0.1) is 11.8 Å². The van der Waals surface area contributed by atoms with Gasteiger partial charge in [0.1, 0.15) is 0 Å². The molecule has 0 aromatic heterocycles. The van der Waals surface area contributed by atoms with E-state index in [1.54, 1.807) is 0 Å². The van der Waals surface area contributed by atoms with Gasteiger partial charge in [-0.3, -0.25) is 0 Å². The van der Waals surface area contributed by atoms with Crippen molar-refractivity contribution in [2.24, 2.45) is 11.8 Å². The van der Waals surface area contributed by atoms with Gasteiger partial charge in [-0.05, 0) is 57.9 Å². The second-order valence-corrected chi connectivity index (χ2v) is 6.69. The first-order chi connectivity index (χ1) is 9.72. The van der Waals surface area contributed by atoms with Crippen LogP contribution in [0.5, 0.6) is 0 Å². The van der Waals surface area contributed by atoms with E-state index in [2.05, 4.69) is 26.1 Å². The summed E-state index contributed by atoms with van der Waals surface area (Å²) in [6.07, 6.45) is 7.49. The normalized spacial score (nSPS) is 36.8. The monoisotopic (exact) mass is 283 g/mol. The summed E-state index contributed by atoms with van der Waals surface area (Å²) in [6.45, 7) is 10.4. The highest BCUT2D eigenvalue weighted by atomic mass is 16.5.